The molecule has 0 spiro atoms. The van der Waals surface area contributed by atoms with Crippen molar-refractivity contribution in [2.45, 2.75) is 45.4 Å². The van der Waals surface area contributed by atoms with Gasteiger partial charge in [-0.15, -0.1) is 0 Å². The first-order valence-corrected chi connectivity index (χ1v) is 11.0. The highest BCUT2D eigenvalue weighted by molar-refractivity contribution is 6.30. The van der Waals surface area contributed by atoms with E-state index < -0.39 is 29.7 Å². The molecular formula is C22H28ClF3N2O4. The van der Waals surface area contributed by atoms with Crippen molar-refractivity contribution in [1.29, 1.82) is 0 Å². The van der Waals surface area contributed by atoms with Gasteiger partial charge in [0.1, 0.15) is 11.4 Å². The molecule has 0 saturated carbocycles. The first-order valence-electron chi connectivity index (χ1n) is 10.6. The molecule has 0 aromatic heterocycles. The van der Waals surface area contributed by atoms with Crippen molar-refractivity contribution in [1.82, 2.24) is 9.80 Å². The van der Waals surface area contributed by atoms with Crippen LogP contribution in [-0.4, -0.2) is 60.2 Å². The Kier molecular flexibility index (Phi) is 7.17. The monoisotopic (exact) mass is 476 g/mol. The van der Waals surface area contributed by atoms with Crippen molar-refractivity contribution < 1.29 is 32.2 Å². The van der Waals surface area contributed by atoms with Gasteiger partial charge in [-0.3, -0.25) is 4.79 Å². The number of hydrogen-bond acceptors (Lipinski definition) is 4. The topological polar surface area (TPSA) is 59.1 Å². The smallest absolute Gasteiger partial charge is 0.419 e. The van der Waals surface area contributed by atoms with E-state index in [1.165, 1.54) is 0 Å². The highest BCUT2D eigenvalue weighted by Crippen LogP contribution is 2.38. The van der Waals surface area contributed by atoms with Crippen LogP contribution in [-0.2, 0) is 15.7 Å². The zero-order valence-electron chi connectivity index (χ0n) is 18.4. The van der Waals surface area contributed by atoms with Crippen LogP contribution in [0.25, 0.3) is 0 Å². The highest BCUT2D eigenvalue weighted by atomic mass is 35.5. The molecule has 0 bridgehead atoms. The van der Waals surface area contributed by atoms with Crippen LogP contribution in [0, 0.1) is 11.8 Å². The SMILES string of the molecule is CC(C)(C)OC(=O)N1C[C@H]2CCN(C(=O)COc3cc(Cl)ccc3C(F)(F)F)CC[C@H]2C1. The maximum atomic E-state index is 13.2. The Morgan fingerprint density at radius 3 is 2.19 bits per heavy atom. The fourth-order valence-corrected chi connectivity index (χ4v) is 4.32. The van der Waals surface area contributed by atoms with Gasteiger partial charge in [0.15, 0.2) is 6.61 Å². The third kappa shape index (κ3) is 6.21. The minimum atomic E-state index is -4.61. The lowest BCUT2D eigenvalue weighted by Gasteiger charge is -2.25. The van der Waals surface area contributed by atoms with Gasteiger partial charge in [-0.1, -0.05) is 11.6 Å². The Morgan fingerprint density at radius 1 is 1.06 bits per heavy atom. The van der Waals surface area contributed by atoms with Crippen molar-refractivity contribution in [2.75, 3.05) is 32.8 Å². The van der Waals surface area contributed by atoms with Crippen molar-refractivity contribution in [3.8, 4) is 5.75 Å². The van der Waals surface area contributed by atoms with E-state index in [1.807, 2.05) is 20.8 Å². The summed E-state index contributed by atoms with van der Waals surface area (Å²) >= 11 is 5.80. The summed E-state index contributed by atoms with van der Waals surface area (Å²) in [6, 6.07) is 3.04. The number of halogens is 4. The molecule has 2 aliphatic heterocycles. The third-order valence-electron chi connectivity index (χ3n) is 5.72. The number of carbonyl (C=O) groups is 2. The molecule has 178 valence electrons. The Hall–Kier alpha value is -2.16. The van der Waals surface area contributed by atoms with Crippen LogP contribution < -0.4 is 4.74 Å². The van der Waals surface area contributed by atoms with Crippen molar-refractivity contribution in [3.05, 3.63) is 28.8 Å². The summed E-state index contributed by atoms with van der Waals surface area (Å²) in [5, 5.41) is 0.0950. The van der Waals surface area contributed by atoms with Gasteiger partial charge in [-0.05, 0) is 63.6 Å². The average Bonchev–Trinajstić information content (AvgIpc) is 2.97. The molecule has 2 fully saturated rings. The summed E-state index contributed by atoms with van der Waals surface area (Å²) in [6.45, 7) is 7.07. The fraction of sp³-hybridized carbons (Fsp3) is 0.636. The minimum Gasteiger partial charge on any atom is -0.483 e. The van der Waals surface area contributed by atoms with E-state index >= 15 is 0 Å². The summed E-state index contributed by atoms with van der Waals surface area (Å²) in [4.78, 5) is 28.3. The lowest BCUT2D eigenvalue weighted by molar-refractivity contribution is -0.141. The van der Waals surface area contributed by atoms with Crippen LogP contribution in [0.5, 0.6) is 5.75 Å². The number of nitrogens with zero attached hydrogens (tertiary/aromatic N) is 2. The fourth-order valence-electron chi connectivity index (χ4n) is 4.15. The maximum Gasteiger partial charge on any atom is 0.419 e. The van der Waals surface area contributed by atoms with Crippen molar-refractivity contribution >= 4 is 23.6 Å². The average molecular weight is 477 g/mol. The van der Waals surface area contributed by atoms with E-state index in [-0.39, 0.29) is 28.9 Å². The van der Waals surface area contributed by atoms with Crippen LogP contribution in [0.3, 0.4) is 0 Å². The van der Waals surface area contributed by atoms with Gasteiger partial charge in [0.05, 0.1) is 5.56 Å². The zero-order valence-corrected chi connectivity index (χ0v) is 19.1. The lowest BCUT2D eigenvalue weighted by Crippen LogP contribution is -2.38. The molecule has 2 saturated heterocycles. The second-order valence-corrected chi connectivity index (χ2v) is 9.73. The molecule has 0 radical (unpaired) electrons. The van der Waals surface area contributed by atoms with Gasteiger partial charge < -0.3 is 19.3 Å². The quantitative estimate of drug-likeness (QED) is 0.626. The van der Waals surface area contributed by atoms with E-state index in [0.29, 0.717) is 39.0 Å². The molecular weight excluding hydrogens is 449 g/mol. The largest absolute Gasteiger partial charge is 0.483 e. The zero-order chi connectivity index (χ0) is 23.7. The number of amides is 2. The predicted molar refractivity (Wildman–Crippen MR) is 113 cm³/mol. The number of carbonyl (C=O) groups excluding carboxylic acids is 2. The van der Waals surface area contributed by atoms with Gasteiger partial charge in [-0.25, -0.2) is 4.79 Å². The van der Waals surface area contributed by atoms with Crippen molar-refractivity contribution in [3.63, 3.8) is 0 Å². The molecule has 6 nitrogen and oxygen atoms in total. The molecule has 2 aliphatic rings. The standard InChI is InChI=1S/C22H28ClF3N2O4/c1-21(2,3)32-20(30)28-11-14-6-8-27(9-7-15(14)12-28)19(29)13-31-18-10-16(23)4-5-17(18)22(24,25)26/h4-5,10,14-15H,6-9,11-13H2,1-3H3/t14-,15+. The van der Waals surface area contributed by atoms with Gasteiger partial charge >= 0.3 is 12.3 Å². The number of fused-ring (bicyclic) bond motifs is 1. The number of hydrogen-bond donors (Lipinski definition) is 0. The number of likely N-dealkylation sites (tertiary alicyclic amines) is 2. The summed E-state index contributed by atoms with van der Waals surface area (Å²) in [6.07, 6.45) is -3.52. The summed E-state index contributed by atoms with van der Waals surface area (Å²) in [7, 11) is 0. The molecule has 32 heavy (non-hydrogen) atoms. The molecule has 0 aliphatic carbocycles. The number of alkyl halides is 3. The number of benzene rings is 1. The van der Waals surface area contributed by atoms with E-state index in [4.69, 9.17) is 21.1 Å². The molecule has 0 N–H and O–H groups in total. The van der Waals surface area contributed by atoms with Crippen LogP contribution >= 0.6 is 11.6 Å². The van der Waals surface area contributed by atoms with E-state index in [2.05, 4.69) is 0 Å². The van der Waals surface area contributed by atoms with Crippen LogP contribution in [0.4, 0.5) is 18.0 Å². The Balaban J connectivity index is 1.54. The first-order chi connectivity index (χ1) is 14.8. The van der Waals surface area contributed by atoms with E-state index in [9.17, 15) is 22.8 Å². The summed E-state index contributed by atoms with van der Waals surface area (Å²) < 4.78 is 50.2. The maximum absolute atomic E-state index is 13.2. The van der Waals surface area contributed by atoms with Gasteiger partial charge in [-0.2, -0.15) is 13.2 Å². The Morgan fingerprint density at radius 2 is 1.66 bits per heavy atom. The molecule has 3 rings (SSSR count). The molecule has 2 heterocycles. The second kappa shape index (κ2) is 9.37. The molecule has 2 amide bonds. The van der Waals surface area contributed by atoms with E-state index in [1.54, 1.807) is 9.80 Å². The molecule has 10 heteroatoms. The van der Waals surface area contributed by atoms with Crippen LogP contribution in [0.1, 0.15) is 39.2 Å². The van der Waals surface area contributed by atoms with Gasteiger partial charge in [0, 0.05) is 31.2 Å². The number of rotatable bonds is 3. The van der Waals surface area contributed by atoms with E-state index in [0.717, 1.165) is 18.2 Å². The number of ether oxygens (including phenoxy) is 2. The molecule has 1 aromatic carbocycles. The predicted octanol–water partition coefficient (Wildman–Crippen LogP) is 4.84. The van der Waals surface area contributed by atoms with Crippen molar-refractivity contribution in [2.24, 2.45) is 11.8 Å². The lowest BCUT2D eigenvalue weighted by atomic mass is 9.92. The van der Waals surface area contributed by atoms with Gasteiger partial charge in [0.2, 0.25) is 0 Å². The molecule has 1 aromatic rings. The normalized spacial score (nSPS) is 21.7. The Bertz CT molecular complexity index is 841. The summed E-state index contributed by atoms with van der Waals surface area (Å²) in [5.41, 5.74) is -1.53. The van der Waals surface area contributed by atoms with Crippen LogP contribution in [0.15, 0.2) is 18.2 Å². The van der Waals surface area contributed by atoms with Crippen LogP contribution in [0.2, 0.25) is 5.02 Å². The minimum absolute atomic E-state index is 0.0950. The second-order valence-electron chi connectivity index (χ2n) is 9.29. The van der Waals surface area contributed by atoms with Gasteiger partial charge in [0.25, 0.3) is 5.91 Å². The summed E-state index contributed by atoms with van der Waals surface area (Å²) in [5.74, 6) is -0.322. The highest BCUT2D eigenvalue weighted by Gasteiger charge is 2.39. The molecule has 0 unspecified atom stereocenters. The first kappa shape index (κ1) is 24.5. The Labute approximate surface area is 190 Å². The third-order valence-corrected chi connectivity index (χ3v) is 5.96. The molecule has 2 atom stereocenters.